The summed E-state index contributed by atoms with van der Waals surface area (Å²) >= 11 is 6.42. The summed E-state index contributed by atoms with van der Waals surface area (Å²) in [4.78, 5) is 4.81. The number of hydrogen-bond donors (Lipinski definition) is 0. The van der Waals surface area contributed by atoms with Crippen LogP contribution in [0.3, 0.4) is 0 Å². The van der Waals surface area contributed by atoms with Gasteiger partial charge in [0.25, 0.3) is 0 Å². The molecule has 0 saturated carbocycles. The van der Waals surface area contributed by atoms with Crippen molar-refractivity contribution in [3.05, 3.63) is 35.9 Å². The minimum Gasteiger partial charge on any atom is -0.304 e. The fraction of sp³-hybridized carbons (Fsp3) is 0.538. The van der Waals surface area contributed by atoms with Crippen LogP contribution in [0.4, 0.5) is 0 Å². The first-order chi connectivity index (χ1) is 7.75. The van der Waals surface area contributed by atoms with E-state index in [0.717, 1.165) is 32.7 Å². The molecule has 2 rings (SSSR count). The molecule has 0 radical (unpaired) electrons. The Bertz CT molecular complexity index is 307. The van der Waals surface area contributed by atoms with Crippen molar-refractivity contribution in [2.24, 2.45) is 0 Å². The van der Waals surface area contributed by atoms with Crippen molar-refractivity contribution in [3.63, 3.8) is 0 Å². The average molecular weight is 239 g/mol. The number of benzene rings is 1. The number of nitrogens with zero attached hydrogens (tertiary/aromatic N) is 2. The zero-order valence-electron chi connectivity index (χ0n) is 9.77. The van der Waals surface area contributed by atoms with Crippen LogP contribution < -0.4 is 0 Å². The van der Waals surface area contributed by atoms with Gasteiger partial charge in [-0.1, -0.05) is 30.3 Å². The molecular formula is C13H19ClN2. The molecule has 0 amide bonds. The van der Waals surface area contributed by atoms with Crippen molar-refractivity contribution in [1.82, 2.24) is 9.80 Å². The molecule has 1 aliphatic rings. The largest absolute Gasteiger partial charge is 0.304 e. The molecule has 2 nitrogen and oxygen atoms in total. The number of piperazine rings is 1. The molecule has 1 aromatic carbocycles. The maximum absolute atomic E-state index is 6.42. The zero-order valence-corrected chi connectivity index (χ0v) is 10.5. The average Bonchev–Trinajstić information content (AvgIpc) is 2.33. The fourth-order valence-corrected chi connectivity index (χ4v) is 2.37. The van der Waals surface area contributed by atoms with Crippen molar-refractivity contribution < 1.29 is 0 Å². The first-order valence-electron chi connectivity index (χ1n) is 5.85. The van der Waals surface area contributed by atoms with Gasteiger partial charge in [0.2, 0.25) is 0 Å². The van der Waals surface area contributed by atoms with Crippen LogP contribution in [0.25, 0.3) is 0 Å². The van der Waals surface area contributed by atoms with Gasteiger partial charge in [0.15, 0.2) is 0 Å². The standard InChI is InChI=1S/C13H19ClN2/c1-15-7-9-16(10-8-15)11-13(14)12-5-3-2-4-6-12/h2-6,13H,7-11H2,1H3. The third-order valence-corrected chi connectivity index (χ3v) is 3.57. The van der Waals surface area contributed by atoms with E-state index in [1.165, 1.54) is 5.56 Å². The van der Waals surface area contributed by atoms with Gasteiger partial charge in [-0.3, -0.25) is 4.90 Å². The van der Waals surface area contributed by atoms with E-state index in [4.69, 9.17) is 11.6 Å². The number of halogens is 1. The van der Waals surface area contributed by atoms with E-state index in [1.54, 1.807) is 0 Å². The van der Waals surface area contributed by atoms with Crippen LogP contribution >= 0.6 is 11.6 Å². The molecule has 1 fully saturated rings. The third kappa shape index (κ3) is 3.21. The Labute approximate surface area is 103 Å². The minimum absolute atomic E-state index is 0.115. The predicted octanol–water partition coefficient (Wildman–Crippen LogP) is 2.21. The second-order valence-electron chi connectivity index (χ2n) is 4.48. The summed E-state index contributed by atoms with van der Waals surface area (Å²) in [6.45, 7) is 5.52. The van der Waals surface area contributed by atoms with Gasteiger partial charge < -0.3 is 4.90 Å². The maximum Gasteiger partial charge on any atom is 0.0712 e. The Hall–Kier alpha value is -0.570. The van der Waals surface area contributed by atoms with Crippen LogP contribution in [0.2, 0.25) is 0 Å². The highest BCUT2D eigenvalue weighted by atomic mass is 35.5. The first-order valence-corrected chi connectivity index (χ1v) is 6.29. The highest BCUT2D eigenvalue weighted by molar-refractivity contribution is 6.21. The molecule has 1 aliphatic heterocycles. The van der Waals surface area contributed by atoms with E-state index < -0.39 is 0 Å². The van der Waals surface area contributed by atoms with Crippen LogP contribution in [0, 0.1) is 0 Å². The molecule has 0 spiro atoms. The molecular weight excluding hydrogens is 220 g/mol. The van der Waals surface area contributed by atoms with Crippen molar-refractivity contribution >= 4 is 11.6 Å². The van der Waals surface area contributed by atoms with Crippen LogP contribution in [0.1, 0.15) is 10.9 Å². The Morgan fingerprint density at radius 1 is 1.12 bits per heavy atom. The second-order valence-corrected chi connectivity index (χ2v) is 5.01. The molecule has 1 heterocycles. The summed E-state index contributed by atoms with van der Waals surface area (Å²) in [5.74, 6) is 0. The van der Waals surface area contributed by atoms with Crippen LogP contribution in [0.5, 0.6) is 0 Å². The Morgan fingerprint density at radius 2 is 1.75 bits per heavy atom. The van der Waals surface area contributed by atoms with Gasteiger partial charge in [-0.25, -0.2) is 0 Å². The lowest BCUT2D eigenvalue weighted by molar-refractivity contribution is 0.154. The summed E-state index contributed by atoms with van der Waals surface area (Å²) in [7, 11) is 2.17. The van der Waals surface area contributed by atoms with Crippen molar-refractivity contribution in [2.75, 3.05) is 39.8 Å². The van der Waals surface area contributed by atoms with Gasteiger partial charge in [0.1, 0.15) is 0 Å². The fourth-order valence-electron chi connectivity index (χ4n) is 2.02. The van der Waals surface area contributed by atoms with Gasteiger partial charge in [-0.15, -0.1) is 11.6 Å². The molecule has 16 heavy (non-hydrogen) atoms. The number of alkyl halides is 1. The predicted molar refractivity (Wildman–Crippen MR) is 69.0 cm³/mol. The monoisotopic (exact) mass is 238 g/mol. The molecule has 88 valence electrons. The van der Waals surface area contributed by atoms with E-state index in [2.05, 4.69) is 41.1 Å². The molecule has 1 unspecified atom stereocenters. The molecule has 3 heteroatoms. The van der Waals surface area contributed by atoms with Gasteiger partial charge in [0, 0.05) is 32.7 Å². The quantitative estimate of drug-likeness (QED) is 0.746. The summed E-state index contributed by atoms with van der Waals surface area (Å²) in [6, 6.07) is 10.3. The van der Waals surface area contributed by atoms with E-state index in [-0.39, 0.29) is 5.38 Å². The SMILES string of the molecule is CN1CCN(CC(Cl)c2ccccc2)CC1. The number of likely N-dealkylation sites (N-methyl/N-ethyl adjacent to an activating group) is 1. The lowest BCUT2D eigenvalue weighted by atomic mass is 10.1. The highest BCUT2D eigenvalue weighted by Crippen LogP contribution is 2.21. The van der Waals surface area contributed by atoms with Crippen molar-refractivity contribution in [3.8, 4) is 0 Å². The minimum atomic E-state index is 0.115. The first kappa shape index (κ1) is 11.9. The van der Waals surface area contributed by atoms with Crippen molar-refractivity contribution in [1.29, 1.82) is 0 Å². The van der Waals surface area contributed by atoms with E-state index in [1.807, 2.05) is 6.07 Å². The van der Waals surface area contributed by atoms with Crippen LogP contribution in [-0.4, -0.2) is 49.6 Å². The van der Waals surface area contributed by atoms with Gasteiger partial charge in [-0.05, 0) is 12.6 Å². The number of hydrogen-bond acceptors (Lipinski definition) is 2. The van der Waals surface area contributed by atoms with Crippen LogP contribution in [0.15, 0.2) is 30.3 Å². The van der Waals surface area contributed by atoms with Crippen LogP contribution in [-0.2, 0) is 0 Å². The molecule has 0 N–H and O–H groups in total. The molecule has 0 bridgehead atoms. The normalized spacial score (nSPS) is 20.9. The third-order valence-electron chi connectivity index (χ3n) is 3.18. The summed E-state index contributed by atoms with van der Waals surface area (Å²) < 4.78 is 0. The summed E-state index contributed by atoms with van der Waals surface area (Å²) in [5, 5.41) is 0.115. The molecule has 1 aromatic rings. The summed E-state index contributed by atoms with van der Waals surface area (Å²) in [6.07, 6.45) is 0. The summed E-state index contributed by atoms with van der Waals surface area (Å²) in [5.41, 5.74) is 1.23. The molecule has 0 aliphatic carbocycles. The van der Waals surface area contributed by atoms with E-state index in [9.17, 15) is 0 Å². The smallest absolute Gasteiger partial charge is 0.0712 e. The molecule has 0 aromatic heterocycles. The number of rotatable bonds is 3. The van der Waals surface area contributed by atoms with Gasteiger partial charge in [0.05, 0.1) is 5.38 Å². The Morgan fingerprint density at radius 3 is 2.38 bits per heavy atom. The lowest BCUT2D eigenvalue weighted by Gasteiger charge is -2.33. The van der Waals surface area contributed by atoms with Crippen molar-refractivity contribution in [2.45, 2.75) is 5.38 Å². The maximum atomic E-state index is 6.42. The van der Waals surface area contributed by atoms with E-state index in [0.29, 0.717) is 0 Å². The molecule has 1 atom stereocenters. The van der Waals surface area contributed by atoms with E-state index >= 15 is 0 Å². The Balaban J connectivity index is 1.86. The zero-order chi connectivity index (χ0) is 11.4. The second kappa shape index (κ2) is 5.67. The molecule has 1 saturated heterocycles. The topological polar surface area (TPSA) is 6.48 Å². The van der Waals surface area contributed by atoms with Gasteiger partial charge >= 0.3 is 0 Å². The Kier molecular flexibility index (Phi) is 4.22. The van der Waals surface area contributed by atoms with Gasteiger partial charge in [-0.2, -0.15) is 0 Å². The highest BCUT2D eigenvalue weighted by Gasteiger charge is 2.17. The lowest BCUT2D eigenvalue weighted by Crippen LogP contribution is -2.45.